The van der Waals surface area contributed by atoms with E-state index in [0.717, 1.165) is 5.75 Å². The highest BCUT2D eigenvalue weighted by Gasteiger charge is 2.09. The molecule has 5 nitrogen and oxygen atoms in total. The molecule has 2 heterocycles. The first-order valence-corrected chi connectivity index (χ1v) is 6.95. The molecule has 0 amide bonds. The minimum absolute atomic E-state index is 0.452. The third kappa shape index (κ3) is 2.60. The van der Waals surface area contributed by atoms with Gasteiger partial charge < -0.3 is 9.47 Å². The van der Waals surface area contributed by atoms with Crippen LogP contribution >= 0.6 is 15.9 Å². The highest BCUT2D eigenvalue weighted by molar-refractivity contribution is 9.10. The first-order valence-electron chi connectivity index (χ1n) is 6.16. The molecule has 0 spiro atoms. The molecule has 3 rings (SSSR count). The molecule has 3 aromatic rings. The Morgan fingerprint density at radius 3 is 2.70 bits per heavy atom. The molecule has 1 aromatic carbocycles. The van der Waals surface area contributed by atoms with Crippen molar-refractivity contribution in [3.8, 4) is 17.4 Å². The molecular formula is C14H12BrN3O2. The molecule has 20 heavy (non-hydrogen) atoms. The van der Waals surface area contributed by atoms with E-state index in [0.29, 0.717) is 28.5 Å². The van der Waals surface area contributed by atoms with Gasteiger partial charge in [-0.3, -0.25) is 4.40 Å². The zero-order valence-corrected chi connectivity index (χ0v) is 12.4. The number of rotatable bonds is 4. The molecule has 0 aliphatic heterocycles. The van der Waals surface area contributed by atoms with E-state index in [2.05, 4.69) is 25.9 Å². The number of hydrogen-bond acceptors (Lipinski definition) is 4. The maximum atomic E-state index is 5.78. The van der Waals surface area contributed by atoms with E-state index in [9.17, 15) is 0 Å². The Bertz CT molecular complexity index is 725. The molecule has 0 bridgehead atoms. The lowest BCUT2D eigenvalue weighted by Gasteiger charge is -2.08. The number of hydrogen-bond donors (Lipinski definition) is 0. The molecule has 0 aliphatic carbocycles. The monoisotopic (exact) mass is 333 g/mol. The molecular weight excluding hydrogens is 322 g/mol. The van der Waals surface area contributed by atoms with Gasteiger partial charge in [0, 0.05) is 18.6 Å². The SMILES string of the molecule is CCOc1ccc(Oc2nc(Br)cn3ccnc23)cc1. The van der Waals surface area contributed by atoms with E-state index in [-0.39, 0.29) is 0 Å². The Balaban J connectivity index is 1.90. The molecule has 0 aliphatic rings. The lowest BCUT2D eigenvalue weighted by molar-refractivity contribution is 0.339. The second kappa shape index (κ2) is 5.50. The summed E-state index contributed by atoms with van der Waals surface area (Å²) in [6.07, 6.45) is 5.37. The van der Waals surface area contributed by atoms with E-state index in [4.69, 9.17) is 9.47 Å². The van der Waals surface area contributed by atoms with Crippen molar-refractivity contribution in [2.75, 3.05) is 6.61 Å². The van der Waals surface area contributed by atoms with E-state index in [1.165, 1.54) is 0 Å². The number of ether oxygens (including phenoxy) is 2. The van der Waals surface area contributed by atoms with E-state index in [1.54, 1.807) is 6.20 Å². The molecule has 0 unspecified atom stereocenters. The standard InChI is InChI=1S/C14H12BrN3O2/c1-2-19-10-3-5-11(6-4-10)20-14-13-16-7-8-18(13)9-12(15)17-14/h3-9H,2H2,1H3. The molecule has 0 radical (unpaired) electrons. The van der Waals surface area contributed by atoms with Crippen molar-refractivity contribution in [2.45, 2.75) is 6.92 Å². The largest absolute Gasteiger partial charge is 0.494 e. The van der Waals surface area contributed by atoms with Crippen LogP contribution < -0.4 is 9.47 Å². The summed E-state index contributed by atoms with van der Waals surface area (Å²) in [5.41, 5.74) is 0.669. The predicted octanol–water partition coefficient (Wildman–Crippen LogP) is 3.68. The number of halogens is 1. The number of aromatic nitrogens is 3. The van der Waals surface area contributed by atoms with Crippen LogP contribution in [0.15, 0.2) is 47.5 Å². The van der Waals surface area contributed by atoms with Crippen LogP contribution in [0.1, 0.15) is 6.92 Å². The summed E-state index contributed by atoms with van der Waals surface area (Å²) >= 11 is 3.35. The van der Waals surface area contributed by atoms with Crippen molar-refractivity contribution in [1.82, 2.24) is 14.4 Å². The Hall–Kier alpha value is -2.08. The molecule has 102 valence electrons. The highest BCUT2D eigenvalue weighted by atomic mass is 79.9. The zero-order chi connectivity index (χ0) is 13.9. The van der Waals surface area contributed by atoms with Crippen molar-refractivity contribution in [3.05, 3.63) is 47.5 Å². The summed E-state index contributed by atoms with van der Waals surface area (Å²) in [6.45, 7) is 2.59. The lowest BCUT2D eigenvalue weighted by atomic mass is 10.3. The van der Waals surface area contributed by atoms with Gasteiger partial charge in [0.05, 0.1) is 6.61 Å². The summed E-state index contributed by atoms with van der Waals surface area (Å²) in [6, 6.07) is 7.40. The highest BCUT2D eigenvalue weighted by Crippen LogP contribution is 2.26. The van der Waals surface area contributed by atoms with E-state index in [1.807, 2.05) is 48.0 Å². The quantitative estimate of drug-likeness (QED) is 0.730. The summed E-state index contributed by atoms with van der Waals surface area (Å²) in [7, 11) is 0. The van der Waals surface area contributed by atoms with Gasteiger partial charge in [0.25, 0.3) is 5.88 Å². The molecule has 0 saturated carbocycles. The smallest absolute Gasteiger partial charge is 0.264 e. The zero-order valence-electron chi connectivity index (χ0n) is 10.8. The average molecular weight is 334 g/mol. The van der Waals surface area contributed by atoms with E-state index < -0.39 is 0 Å². The van der Waals surface area contributed by atoms with Crippen LogP contribution in [0.3, 0.4) is 0 Å². The third-order valence-electron chi connectivity index (χ3n) is 2.66. The first-order chi connectivity index (χ1) is 9.76. The van der Waals surface area contributed by atoms with Gasteiger partial charge >= 0.3 is 0 Å². The van der Waals surface area contributed by atoms with Gasteiger partial charge in [-0.25, -0.2) is 9.97 Å². The van der Waals surface area contributed by atoms with Crippen molar-refractivity contribution in [3.63, 3.8) is 0 Å². The fourth-order valence-corrected chi connectivity index (χ4v) is 2.21. The van der Waals surface area contributed by atoms with Crippen molar-refractivity contribution >= 4 is 21.6 Å². The lowest BCUT2D eigenvalue weighted by Crippen LogP contribution is -1.95. The fourth-order valence-electron chi connectivity index (χ4n) is 1.82. The summed E-state index contributed by atoms with van der Waals surface area (Å²) in [4.78, 5) is 8.54. The second-order valence-corrected chi connectivity index (χ2v) is 4.85. The van der Waals surface area contributed by atoms with Crippen LogP contribution in [-0.4, -0.2) is 21.0 Å². The van der Waals surface area contributed by atoms with Crippen molar-refractivity contribution in [1.29, 1.82) is 0 Å². The van der Waals surface area contributed by atoms with Crippen molar-refractivity contribution in [2.24, 2.45) is 0 Å². The van der Waals surface area contributed by atoms with Crippen LogP contribution in [-0.2, 0) is 0 Å². The maximum Gasteiger partial charge on any atom is 0.264 e. The Morgan fingerprint density at radius 1 is 1.20 bits per heavy atom. The second-order valence-electron chi connectivity index (χ2n) is 4.03. The normalized spacial score (nSPS) is 10.7. The molecule has 6 heteroatoms. The van der Waals surface area contributed by atoms with Gasteiger partial charge in [-0.15, -0.1) is 0 Å². The molecule has 0 N–H and O–H groups in total. The number of nitrogens with zero attached hydrogens (tertiary/aromatic N) is 3. The van der Waals surface area contributed by atoms with Crippen LogP contribution in [0.4, 0.5) is 0 Å². The van der Waals surface area contributed by atoms with Crippen LogP contribution in [0.25, 0.3) is 5.65 Å². The Labute approximate surface area is 124 Å². The summed E-state index contributed by atoms with van der Waals surface area (Å²) in [5.74, 6) is 1.95. The average Bonchev–Trinajstić information content (AvgIpc) is 2.89. The van der Waals surface area contributed by atoms with Crippen molar-refractivity contribution < 1.29 is 9.47 Å². The molecule has 0 atom stereocenters. The fraction of sp³-hybridized carbons (Fsp3) is 0.143. The van der Waals surface area contributed by atoms with Crippen LogP contribution in [0.5, 0.6) is 17.4 Å². The molecule has 0 saturated heterocycles. The number of fused-ring (bicyclic) bond motifs is 1. The van der Waals surface area contributed by atoms with Crippen LogP contribution in [0.2, 0.25) is 0 Å². The van der Waals surface area contributed by atoms with E-state index >= 15 is 0 Å². The predicted molar refractivity (Wildman–Crippen MR) is 78.4 cm³/mol. The minimum atomic E-state index is 0.452. The number of benzene rings is 1. The van der Waals surface area contributed by atoms with Gasteiger partial charge in [-0.05, 0) is 47.1 Å². The topological polar surface area (TPSA) is 48.7 Å². The third-order valence-corrected chi connectivity index (χ3v) is 3.05. The Kier molecular flexibility index (Phi) is 3.56. The van der Waals surface area contributed by atoms with Gasteiger partial charge in [0.2, 0.25) is 5.65 Å². The van der Waals surface area contributed by atoms with Crippen LogP contribution in [0, 0.1) is 0 Å². The number of imidazole rings is 1. The van der Waals surface area contributed by atoms with Gasteiger partial charge in [0.1, 0.15) is 16.1 Å². The molecule has 0 fully saturated rings. The van der Waals surface area contributed by atoms with Gasteiger partial charge in [0.15, 0.2) is 0 Å². The maximum absolute atomic E-state index is 5.78. The van der Waals surface area contributed by atoms with Gasteiger partial charge in [-0.2, -0.15) is 0 Å². The minimum Gasteiger partial charge on any atom is -0.494 e. The first kappa shape index (κ1) is 12.9. The van der Waals surface area contributed by atoms with Gasteiger partial charge in [-0.1, -0.05) is 0 Å². The summed E-state index contributed by atoms with van der Waals surface area (Å²) in [5, 5.41) is 0. The summed E-state index contributed by atoms with van der Waals surface area (Å²) < 4.78 is 13.7. The Morgan fingerprint density at radius 2 is 1.95 bits per heavy atom. The molecule has 2 aromatic heterocycles.